The van der Waals surface area contributed by atoms with Crippen molar-refractivity contribution in [2.45, 2.75) is 31.9 Å². The van der Waals surface area contributed by atoms with E-state index < -0.39 is 29.2 Å². The van der Waals surface area contributed by atoms with Crippen molar-refractivity contribution < 1.29 is 23.4 Å². The second-order valence-electron chi connectivity index (χ2n) is 6.97. The van der Waals surface area contributed by atoms with Crippen molar-refractivity contribution in [3.8, 4) is 0 Å². The van der Waals surface area contributed by atoms with Gasteiger partial charge in [-0.3, -0.25) is 0 Å². The van der Waals surface area contributed by atoms with Crippen molar-refractivity contribution in [1.29, 1.82) is 0 Å². The lowest BCUT2D eigenvalue weighted by molar-refractivity contribution is -0.0387. The molecule has 0 saturated carbocycles. The summed E-state index contributed by atoms with van der Waals surface area (Å²) in [4.78, 5) is 11.0. The van der Waals surface area contributed by atoms with Gasteiger partial charge < -0.3 is 15.2 Å². The summed E-state index contributed by atoms with van der Waals surface area (Å²) < 4.78 is 35.3. The van der Waals surface area contributed by atoms with Crippen LogP contribution in [0.2, 0.25) is 0 Å². The van der Waals surface area contributed by atoms with Gasteiger partial charge in [0, 0.05) is 29.3 Å². The fourth-order valence-electron chi connectivity index (χ4n) is 4.08. The smallest absolute Gasteiger partial charge is 0.335 e. The minimum Gasteiger partial charge on any atom is -0.478 e. The Bertz CT molecular complexity index is 860. The molecular weight excluding hydrogens is 340 g/mol. The summed E-state index contributed by atoms with van der Waals surface area (Å²) in [7, 11) is 0. The van der Waals surface area contributed by atoms with E-state index in [0.717, 1.165) is 41.8 Å². The maximum Gasteiger partial charge on any atom is 0.335 e. The van der Waals surface area contributed by atoms with E-state index >= 15 is 0 Å². The second kappa shape index (κ2) is 6.36. The van der Waals surface area contributed by atoms with Gasteiger partial charge in [-0.15, -0.1) is 0 Å². The number of carbonyl (C=O) groups is 1. The van der Waals surface area contributed by atoms with Gasteiger partial charge in [0.15, 0.2) is 0 Å². The van der Waals surface area contributed by atoms with Crippen molar-refractivity contribution in [1.82, 2.24) is 0 Å². The number of nitrogens with one attached hydrogen (secondary N) is 1. The molecule has 0 unspecified atom stereocenters. The maximum atomic E-state index is 14.7. The van der Waals surface area contributed by atoms with Gasteiger partial charge >= 0.3 is 5.97 Å². The molecule has 2 N–H and O–H groups in total. The van der Waals surface area contributed by atoms with Crippen LogP contribution in [0.25, 0.3) is 0 Å². The zero-order chi connectivity index (χ0) is 18.4. The molecule has 2 aliphatic rings. The first kappa shape index (κ1) is 17.0. The molecule has 136 valence electrons. The number of hydrogen-bond acceptors (Lipinski definition) is 3. The highest BCUT2D eigenvalue weighted by Gasteiger charge is 2.42. The summed E-state index contributed by atoms with van der Waals surface area (Å²) in [5.74, 6) is -3.18. The molecule has 0 bridgehead atoms. The fourth-order valence-corrected chi connectivity index (χ4v) is 4.08. The first-order valence-corrected chi connectivity index (χ1v) is 8.66. The van der Waals surface area contributed by atoms with Crippen LogP contribution in [-0.2, 0) is 4.74 Å². The Labute approximate surface area is 149 Å². The van der Waals surface area contributed by atoms with Crippen LogP contribution < -0.4 is 5.32 Å². The Balaban J connectivity index is 1.82. The maximum absolute atomic E-state index is 14.7. The van der Waals surface area contributed by atoms with Crippen LogP contribution in [0.4, 0.5) is 14.5 Å². The number of fused-ring (bicyclic) bond motifs is 3. The van der Waals surface area contributed by atoms with Crippen molar-refractivity contribution in [3.63, 3.8) is 0 Å². The van der Waals surface area contributed by atoms with E-state index in [1.807, 2.05) is 25.1 Å². The van der Waals surface area contributed by atoms with Gasteiger partial charge in [0.1, 0.15) is 11.6 Å². The molecule has 0 aromatic heterocycles. The minimum atomic E-state index is -1.36. The topological polar surface area (TPSA) is 58.6 Å². The predicted octanol–water partition coefficient (Wildman–Crippen LogP) is 4.61. The lowest BCUT2D eigenvalue weighted by Gasteiger charge is -2.43. The van der Waals surface area contributed by atoms with E-state index in [1.54, 1.807) is 0 Å². The van der Waals surface area contributed by atoms with E-state index in [-0.39, 0.29) is 17.6 Å². The van der Waals surface area contributed by atoms with Crippen LogP contribution in [-0.4, -0.2) is 17.7 Å². The zero-order valence-electron chi connectivity index (χ0n) is 14.3. The molecule has 3 atom stereocenters. The van der Waals surface area contributed by atoms with E-state index in [9.17, 15) is 13.6 Å². The van der Waals surface area contributed by atoms with Crippen LogP contribution >= 0.6 is 0 Å². The molecule has 1 fully saturated rings. The molecule has 2 heterocycles. The van der Waals surface area contributed by atoms with E-state index in [2.05, 4.69) is 5.32 Å². The highest BCUT2D eigenvalue weighted by molar-refractivity contribution is 5.87. The molecule has 0 aliphatic carbocycles. The number of hydrogen-bond donors (Lipinski definition) is 2. The molecule has 4 nitrogen and oxygen atoms in total. The summed E-state index contributed by atoms with van der Waals surface area (Å²) in [6.07, 6.45) is 1.36. The van der Waals surface area contributed by atoms with Gasteiger partial charge in [0.05, 0.1) is 17.7 Å². The van der Waals surface area contributed by atoms with Gasteiger partial charge in [-0.2, -0.15) is 0 Å². The summed E-state index contributed by atoms with van der Waals surface area (Å²) in [6, 6.07) is 7.03. The van der Waals surface area contributed by atoms with Crippen LogP contribution in [0.3, 0.4) is 0 Å². The van der Waals surface area contributed by atoms with Crippen molar-refractivity contribution in [2.75, 3.05) is 11.9 Å². The molecule has 2 aromatic rings. The van der Waals surface area contributed by atoms with E-state index in [1.165, 1.54) is 0 Å². The third kappa shape index (κ3) is 2.74. The lowest BCUT2D eigenvalue weighted by atomic mass is 9.77. The lowest BCUT2D eigenvalue weighted by Crippen LogP contribution is -2.37. The van der Waals surface area contributed by atoms with Crippen molar-refractivity contribution in [3.05, 3.63) is 64.2 Å². The zero-order valence-corrected chi connectivity index (χ0v) is 14.3. The number of aromatic carboxylic acids is 1. The molecule has 2 aliphatic heterocycles. The van der Waals surface area contributed by atoms with Gasteiger partial charge in [-0.25, -0.2) is 13.6 Å². The highest BCUT2D eigenvalue weighted by atomic mass is 19.1. The molecule has 1 saturated heterocycles. The average molecular weight is 359 g/mol. The first-order valence-electron chi connectivity index (χ1n) is 8.66. The Kier molecular flexibility index (Phi) is 4.15. The van der Waals surface area contributed by atoms with Gasteiger partial charge in [-0.1, -0.05) is 17.7 Å². The Morgan fingerprint density at radius 2 is 1.96 bits per heavy atom. The Hall–Kier alpha value is -2.47. The number of rotatable bonds is 2. The minimum absolute atomic E-state index is 0.123. The summed E-state index contributed by atoms with van der Waals surface area (Å²) in [5.41, 5.74) is 2.38. The molecule has 2 aromatic carbocycles. The number of aryl methyl sites for hydroxylation is 1. The normalized spacial score (nSPS) is 24.3. The standard InChI is InChI=1S/C20H19F2NO3/c1-10-4-5-16-13(7-10)19-12(3-2-6-26-19)18(23-16)17-14(21)8-11(20(24)25)9-15(17)22/h4-5,7-9,12,18-19,23H,2-3,6H2,1H3,(H,24,25)/t12-,18+,19-/m1/s1. The van der Waals surface area contributed by atoms with Crippen LogP contribution in [0.5, 0.6) is 0 Å². The summed E-state index contributed by atoms with van der Waals surface area (Å²) in [6.45, 7) is 2.61. The third-order valence-corrected chi connectivity index (χ3v) is 5.26. The molecule has 6 heteroatoms. The molecule has 4 rings (SSSR count). The van der Waals surface area contributed by atoms with Crippen LogP contribution in [0.1, 0.15) is 52.0 Å². The molecule has 0 amide bonds. The predicted molar refractivity (Wildman–Crippen MR) is 92.3 cm³/mol. The molecular formula is C20H19F2NO3. The number of benzene rings is 2. The highest BCUT2D eigenvalue weighted by Crippen LogP contribution is 2.50. The summed E-state index contributed by atoms with van der Waals surface area (Å²) in [5, 5.41) is 12.3. The SMILES string of the molecule is Cc1ccc2c(c1)[C@@H]1OCCC[C@@H]1[C@@H](c1c(F)cc(C(=O)O)cc1F)N2. The molecule has 0 radical (unpaired) electrons. The number of halogens is 2. The molecule has 0 spiro atoms. The second-order valence-corrected chi connectivity index (χ2v) is 6.97. The first-order chi connectivity index (χ1) is 12.5. The quantitative estimate of drug-likeness (QED) is 0.822. The number of anilines is 1. The van der Waals surface area contributed by atoms with Crippen molar-refractivity contribution >= 4 is 11.7 Å². The van der Waals surface area contributed by atoms with Gasteiger partial charge in [-0.05, 0) is 38.0 Å². The number of ether oxygens (including phenoxy) is 1. The Morgan fingerprint density at radius 1 is 1.23 bits per heavy atom. The van der Waals surface area contributed by atoms with E-state index in [0.29, 0.717) is 6.61 Å². The van der Waals surface area contributed by atoms with Crippen LogP contribution in [0, 0.1) is 24.5 Å². The van der Waals surface area contributed by atoms with Gasteiger partial charge in [0.25, 0.3) is 0 Å². The average Bonchev–Trinajstić information content (AvgIpc) is 2.61. The van der Waals surface area contributed by atoms with Gasteiger partial charge in [0.2, 0.25) is 0 Å². The largest absolute Gasteiger partial charge is 0.478 e. The third-order valence-electron chi connectivity index (χ3n) is 5.26. The van der Waals surface area contributed by atoms with Crippen molar-refractivity contribution in [2.24, 2.45) is 5.92 Å². The Morgan fingerprint density at radius 3 is 2.65 bits per heavy atom. The fraction of sp³-hybridized carbons (Fsp3) is 0.350. The van der Waals surface area contributed by atoms with Crippen LogP contribution in [0.15, 0.2) is 30.3 Å². The monoisotopic (exact) mass is 359 g/mol. The number of carboxylic acid groups (broad SMARTS) is 1. The van der Waals surface area contributed by atoms with E-state index in [4.69, 9.17) is 9.84 Å². The molecule has 26 heavy (non-hydrogen) atoms. The summed E-state index contributed by atoms with van der Waals surface area (Å²) >= 11 is 0. The number of carboxylic acids is 1.